The van der Waals surface area contributed by atoms with E-state index >= 15 is 0 Å². The van der Waals surface area contributed by atoms with E-state index in [0.29, 0.717) is 11.8 Å². The molecule has 1 aromatic rings. The first-order chi connectivity index (χ1) is 6.81. The number of fused-ring (bicyclic) bond motifs is 2. The van der Waals surface area contributed by atoms with E-state index in [1.54, 1.807) is 0 Å². The molecule has 2 aliphatic rings. The first-order valence-corrected chi connectivity index (χ1v) is 4.83. The Bertz CT molecular complexity index is 384. The quantitative estimate of drug-likeness (QED) is 0.696. The van der Waals surface area contributed by atoms with Crippen molar-refractivity contribution in [3.05, 3.63) is 11.5 Å². The summed E-state index contributed by atoms with van der Waals surface area (Å²) in [5.41, 5.74) is 6.78. The molecule has 0 radical (unpaired) electrons. The zero-order chi connectivity index (χ0) is 9.54. The third-order valence-electron chi connectivity index (χ3n) is 2.97. The zero-order valence-corrected chi connectivity index (χ0v) is 7.81. The molecule has 0 spiro atoms. The van der Waals surface area contributed by atoms with Gasteiger partial charge in [-0.3, -0.25) is 4.90 Å². The van der Waals surface area contributed by atoms with E-state index in [0.717, 1.165) is 6.54 Å². The number of piperidine rings is 1. The van der Waals surface area contributed by atoms with Crippen LogP contribution in [0.25, 0.3) is 6.08 Å². The Kier molecular flexibility index (Phi) is 1.61. The van der Waals surface area contributed by atoms with Crippen molar-refractivity contribution < 1.29 is 4.52 Å². The van der Waals surface area contributed by atoms with Crippen LogP contribution in [-0.4, -0.2) is 34.7 Å². The van der Waals surface area contributed by atoms with E-state index in [1.165, 1.54) is 25.1 Å². The maximum atomic E-state index is 5.37. The SMILES string of the molecule is Nc1noc(C=C2CN3CCC2C3)n1. The van der Waals surface area contributed by atoms with Gasteiger partial charge in [0.25, 0.3) is 11.8 Å². The van der Waals surface area contributed by atoms with Gasteiger partial charge in [-0.15, -0.1) is 0 Å². The fourth-order valence-electron chi connectivity index (χ4n) is 2.29. The fourth-order valence-corrected chi connectivity index (χ4v) is 2.29. The molecule has 2 bridgehead atoms. The van der Waals surface area contributed by atoms with Gasteiger partial charge in [-0.2, -0.15) is 4.98 Å². The molecule has 1 aromatic heterocycles. The normalized spacial score (nSPS) is 33.0. The lowest BCUT2D eigenvalue weighted by molar-refractivity contribution is 0.391. The number of nitrogens with zero attached hydrogens (tertiary/aromatic N) is 3. The lowest BCUT2D eigenvalue weighted by Gasteiger charge is -2.13. The molecular weight excluding hydrogens is 180 g/mol. The van der Waals surface area contributed by atoms with Gasteiger partial charge in [-0.1, -0.05) is 0 Å². The molecule has 2 unspecified atom stereocenters. The average Bonchev–Trinajstić information content (AvgIpc) is 2.82. The minimum Gasteiger partial charge on any atom is -0.365 e. The van der Waals surface area contributed by atoms with Gasteiger partial charge in [0.15, 0.2) is 0 Å². The highest BCUT2D eigenvalue weighted by Crippen LogP contribution is 2.33. The smallest absolute Gasteiger partial charge is 0.261 e. The summed E-state index contributed by atoms with van der Waals surface area (Å²) in [5, 5.41) is 3.55. The summed E-state index contributed by atoms with van der Waals surface area (Å²) in [6, 6.07) is 0. The van der Waals surface area contributed by atoms with Gasteiger partial charge < -0.3 is 10.3 Å². The molecule has 2 saturated heterocycles. The average molecular weight is 192 g/mol. The lowest BCUT2D eigenvalue weighted by atomic mass is 9.99. The van der Waals surface area contributed by atoms with Crippen LogP contribution in [0, 0.1) is 5.92 Å². The Hall–Kier alpha value is -1.36. The van der Waals surface area contributed by atoms with Crippen LogP contribution >= 0.6 is 0 Å². The molecule has 0 aliphatic carbocycles. The molecule has 2 N–H and O–H groups in total. The first-order valence-electron chi connectivity index (χ1n) is 4.83. The van der Waals surface area contributed by atoms with Crippen LogP contribution in [0.2, 0.25) is 0 Å². The van der Waals surface area contributed by atoms with E-state index in [4.69, 9.17) is 10.3 Å². The summed E-state index contributed by atoms with van der Waals surface area (Å²) in [7, 11) is 0. The van der Waals surface area contributed by atoms with Gasteiger partial charge in [0.2, 0.25) is 0 Å². The van der Waals surface area contributed by atoms with E-state index in [1.807, 2.05) is 6.08 Å². The van der Waals surface area contributed by atoms with Crippen LogP contribution in [0.1, 0.15) is 12.3 Å². The molecule has 14 heavy (non-hydrogen) atoms. The van der Waals surface area contributed by atoms with Crippen LogP contribution in [0.15, 0.2) is 10.1 Å². The second-order valence-corrected chi connectivity index (χ2v) is 3.93. The Morgan fingerprint density at radius 1 is 1.57 bits per heavy atom. The topological polar surface area (TPSA) is 68.2 Å². The van der Waals surface area contributed by atoms with Crippen molar-refractivity contribution in [2.24, 2.45) is 5.92 Å². The molecule has 0 aromatic carbocycles. The molecule has 2 aliphatic heterocycles. The largest absolute Gasteiger partial charge is 0.365 e. The van der Waals surface area contributed by atoms with Crippen LogP contribution in [0.4, 0.5) is 5.95 Å². The van der Waals surface area contributed by atoms with Crippen LogP contribution in [0.5, 0.6) is 0 Å². The molecule has 5 heteroatoms. The number of hydrogen-bond acceptors (Lipinski definition) is 5. The zero-order valence-electron chi connectivity index (χ0n) is 7.81. The van der Waals surface area contributed by atoms with Gasteiger partial charge in [0, 0.05) is 19.2 Å². The van der Waals surface area contributed by atoms with Gasteiger partial charge in [0.05, 0.1) is 0 Å². The fraction of sp³-hybridized carbons (Fsp3) is 0.556. The number of rotatable bonds is 1. The highest BCUT2D eigenvalue weighted by Gasteiger charge is 2.33. The van der Waals surface area contributed by atoms with Crippen molar-refractivity contribution in [2.75, 3.05) is 25.4 Å². The molecule has 3 rings (SSSR count). The summed E-state index contributed by atoms with van der Waals surface area (Å²) in [6.45, 7) is 3.47. The third-order valence-corrected chi connectivity index (χ3v) is 2.97. The number of nitrogen functional groups attached to an aromatic ring is 1. The van der Waals surface area contributed by atoms with E-state index < -0.39 is 0 Å². The van der Waals surface area contributed by atoms with Gasteiger partial charge in [-0.25, -0.2) is 0 Å². The molecule has 2 atom stereocenters. The van der Waals surface area contributed by atoms with Gasteiger partial charge in [0.1, 0.15) is 0 Å². The molecular formula is C9H12N4O. The minimum absolute atomic E-state index is 0.209. The number of anilines is 1. The molecule has 3 heterocycles. The second kappa shape index (κ2) is 2.81. The predicted molar refractivity (Wildman–Crippen MR) is 51.2 cm³/mol. The van der Waals surface area contributed by atoms with Crippen LogP contribution in [0.3, 0.4) is 0 Å². The second-order valence-electron chi connectivity index (χ2n) is 3.93. The van der Waals surface area contributed by atoms with Crippen LogP contribution < -0.4 is 5.73 Å². The Morgan fingerprint density at radius 2 is 2.50 bits per heavy atom. The maximum Gasteiger partial charge on any atom is 0.261 e. The van der Waals surface area contributed by atoms with Crippen molar-refractivity contribution in [2.45, 2.75) is 6.42 Å². The predicted octanol–water partition coefficient (Wildman–Crippen LogP) is 0.371. The molecule has 0 amide bonds. The summed E-state index contributed by atoms with van der Waals surface area (Å²) in [4.78, 5) is 6.40. The lowest BCUT2D eigenvalue weighted by Crippen LogP contribution is -2.17. The summed E-state index contributed by atoms with van der Waals surface area (Å²) in [5.74, 6) is 1.44. The van der Waals surface area contributed by atoms with E-state index in [2.05, 4.69) is 15.0 Å². The monoisotopic (exact) mass is 192 g/mol. The Labute approximate surface area is 81.6 Å². The minimum atomic E-state index is 0.209. The maximum absolute atomic E-state index is 5.37. The van der Waals surface area contributed by atoms with Crippen molar-refractivity contribution in [3.63, 3.8) is 0 Å². The first kappa shape index (κ1) is 7.99. The summed E-state index contributed by atoms with van der Waals surface area (Å²) >= 11 is 0. The molecule has 5 nitrogen and oxygen atoms in total. The number of hydrogen-bond donors (Lipinski definition) is 1. The summed E-state index contributed by atoms with van der Waals surface area (Å²) in [6.07, 6.45) is 3.24. The highest BCUT2D eigenvalue weighted by molar-refractivity contribution is 5.48. The van der Waals surface area contributed by atoms with Crippen molar-refractivity contribution in [1.82, 2.24) is 15.0 Å². The third kappa shape index (κ3) is 1.21. The van der Waals surface area contributed by atoms with E-state index in [-0.39, 0.29) is 5.95 Å². The molecule has 74 valence electrons. The Morgan fingerprint density at radius 3 is 3.07 bits per heavy atom. The number of nitrogens with two attached hydrogens (primary N) is 1. The van der Waals surface area contributed by atoms with Gasteiger partial charge >= 0.3 is 0 Å². The Balaban J connectivity index is 1.85. The van der Waals surface area contributed by atoms with Crippen molar-refractivity contribution in [3.8, 4) is 0 Å². The van der Waals surface area contributed by atoms with Gasteiger partial charge in [-0.05, 0) is 29.6 Å². The van der Waals surface area contributed by atoms with Crippen molar-refractivity contribution >= 4 is 12.0 Å². The number of aromatic nitrogens is 2. The standard InChI is InChI=1S/C9H12N4O/c10-9-11-8(14-12-9)3-7-5-13-2-1-6(7)4-13/h3,6H,1-2,4-5H2,(H2,10,12). The van der Waals surface area contributed by atoms with Crippen molar-refractivity contribution in [1.29, 1.82) is 0 Å². The van der Waals surface area contributed by atoms with Crippen LogP contribution in [-0.2, 0) is 0 Å². The van der Waals surface area contributed by atoms with E-state index in [9.17, 15) is 0 Å². The summed E-state index contributed by atoms with van der Waals surface area (Å²) < 4.78 is 4.95. The highest BCUT2D eigenvalue weighted by atomic mass is 16.5. The molecule has 0 saturated carbocycles. The molecule has 2 fully saturated rings.